The summed E-state index contributed by atoms with van der Waals surface area (Å²) in [7, 11) is 3.04. The highest BCUT2D eigenvalue weighted by molar-refractivity contribution is 8.76. The van der Waals surface area contributed by atoms with Crippen LogP contribution in [-0.2, 0) is 19.2 Å². The highest BCUT2D eigenvalue weighted by Gasteiger charge is 2.20. The molecule has 16 nitrogen and oxygen atoms in total. The molecular weight excluding hydrogens is 512 g/mol. The number of carbonyl (C=O) groups excluding carboxylic acids is 4. The van der Waals surface area contributed by atoms with Crippen molar-refractivity contribution in [1.82, 2.24) is 43.0 Å². The van der Waals surface area contributed by atoms with Crippen LogP contribution in [0, 0.1) is 0 Å². The molecule has 0 unspecified atom stereocenters. The fourth-order valence-electron chi connectivity index (χ4n) is 2.28. The number of hydrogen-bond acceptors (Lipinski definition) is 14. The number of nitrogens with zero attached hydrogens (tertiary/aromatic N) is 4. The van der Waals surface area contributed by atoms with Crippen molar-refractivity contribution in [3.63, 3.8) is 0 Å². The maximum Gasteiger partial charge on any atom is 0.290 e. The quantitative estimate of drug-likeness (QED) is 0.0791. The molecule has 0 saturated carbocycles. The van der Waals surface area contributed by atoms with E-state index in [4.69, 9.17) is 0 Å². The number of rotatable bonds is 15. The van der Waals surface area contributed by atoms with E-state index in [9.17, 15) is 19.2 Å². The van der Waals surface area contributed by atoms with Gasteiger partial charge in [-0.1, -0.05) is 35.4 Å². The summed E-state index contributed by atoms with van der Waals surface area (Å²) in [5.74, 6) is -0.631. The largest absolute Gasteiger partial charge is 0.349 e. The third-order valence-electron chi connectivity index (χ3n) is 4.05. The first-order valence-corrected chi connectivity index (χ1v) is 13.7. The summed E-state index contributed by atoms with van der Waals surface area (Å²) < 4.78 is 0. The highest BCUT2D eigenvalue weighted by Crippen LogP contribution is 2.19. The van der Waals surface area contributed by atoms with Gasteiger partial charge in [0.25, 0.3) is 23.6 Å². The lowest BCUT2D eigenvalue weighted by atomic mass is 10.4. The van der Waals surface area contributed by atoms with Gasteiger partial charge in [0, 0.05) is 37.7 Å². The zero-order valence-corrected chi connectivity index (χ0v) is 21.5. The molecule has 198 valence electrons. The van der Waals surface area contributed by atoms with Crippen LogP contribution in [0.1, 0.15) is 26.7 Å². The van der Waals surface area contributed by atoms with Crippen molar-refractivity contribution >= 4 is 68.6 Å². The predicted octanol–water partition coefficient (Wildman–Crippen LogP) is -2.71. The van der Waals surface area contributed by atoms with Crippen LogP contribution in [0.2, 0.25) is 0 Å². The summed E-state index contributed by atoms with van der Waals surface area (Å²) in [6, 6.07) is 0. The van der Waals surface area contributed by atoms with Crippen molar-refractivity contribution in [2.75, 3.05) is 37.7 Å². The summed E-state index contributed by atoms with van der Waals surface area (Å²) in [6.07, 6.45) is 1.58. The predicted molar refractivity (Wildman–Crippen MR) is 140 cm³/mol. The molecule has 0 saturated heterocycles. The van der Waals surface area contributed by atoms with Crippen molar-refractivity contribution in [3.8, 4) is 0 Å². The Morgan fingerprint density at radius 1 is 0.556 bits per heavy atom. The second-order valence-electron chi connectivity index (χ2n) is 6.96. The molecule has 0 atom stereocenters. The van der Waals surface area contributed by atoms with E-state index in [-0.39, 0.29) is 23.3 Å². The maximum absolute atomic E-state index is 12.1. The zero-order valence-electron chi connectivity index (χ0n) is 19.9. The Hall–Kier alpha value is -3.54. The SMILES string of the molecule is CCCNC(=O)C1=NNC(C(=O)NCCSSCCNC(=O)C2=NNC(C(=O)NCCC)=NN2)=NN1. The van der Waals surface area contributed by atoms with Gasteiger partial charge in [0.15, 0.2) is 0 Å². The van der Waals surface area contributed by atoms with E-state index in [0.29, 0.717) is 37.7 Å². The number of nitrogens with one attached hydrogen (secondary N) is 8. The van der Waals surface area contributed by atoms with Crippen LogP contribution in [0.15, 0.2) is 20.4 Å². The van der Waals surface area contributed by atoms with Crippen LogP contribution in [0.25, 0.3) is 0 Å². The van der Waals surface area contributed by atoms with Crippen LogP contribution < -0.4 is 43.0 Å². The molecule has 2 aliphatic heterocycles. The third-order valence-corrected chi connectivity index (χ3v) is 6.46. The van der Waals surface area contributed by atoms with Gasteiger partial charge in [-0.25, -0.2) is 0 Å². The standard InChI is InChI=1S/C18H30N12O4S2/c1-3-5-19-15(31)11-23-27-13(28-24-11)17(33)21-7-9-35-36-10-8-22-18(34)14-29-25-12(26-30-14)16(32)20-6-4-2/h3-10H2,1-2H3,(H,19,31)(H,20,32)(H,21,33)(H,22,34)(H,23,24)(H,25,26)(H,27,28)(H,29,30). The highest BCUT2D eigenvalue weighted by atomic mass is 33.1. The molecule has 4 amide bonds. The lowest BCUT2D eigenvalue weighted by Crippen LogP contribution is -2.48. The van der Waals surface area contributed by atoms with Crippen LogP contribution in [0.5, 0.6) is 0 Å². The fourth-order valence-corrected chi connectivity index (χ4v) is 4.10. The smallest absolute Gasteiger partial charge is 0.290 e. The van der Waals surface area contributed by atoms with E-state index in [1.807, 2.05) is 13.8 Å². The van der Waals surface area contributed by atoms with Gasteiger partial charge in [0.2, 0.25) is 23.3 Å². The van der Waals surface area contributed by atoms with Crippen LogP contribution in [-0.4, -0.2) is 84.7 Å². The van der Waals surface area contributed by atoms with Crippen LogP contribution in [0.3, 0.4) is 0 Å². The number of carbonyl (C=O) groups is 4. The second-order valence-corrected chi connectivity index (χ2v) is 9.66. The number of hydrazone groups is 4. The molecule has 0 spiro atoms. The molecule has 0 bridgehead atoms. The van der Waals surface area contributed by atoms with Crippen LogP contribution >= 0.6 is 21.6 Å². The molecule has 0 aliphatic carbocycles. The lowest BCUT2D eigenvalue weighted by Gasteiger charge is -2.14. The third kappa shape index (κ3) is 9.98. The van der Waals surface area contributed by atoms with Crippen molar-refractivity contribution in [2.24, 2.45) is 20.4 Å². The van der Waals surface area contributed by atoms with E-state index in [2.05, 4.69) is 63.4 Å². The normalized spacial score (nSPS) is 14.2. The summed E-state index contributed by atoms with van der Waals surface area (Å²) in [5, 5.41) is 25.9. The van der Waals surface area contributed by atoms with Crippen molar-refractivity contribution in [2.45, 2.75) is 26.7 Å². The van der Waals surface area contributed by atoms with Gasteiger partial charge in [0.05, 0.1) is 0 Å². The Morgan fingerprint density at radius 3 is 1.08 bits per heavy atom. The van der Waals surface area contributed by atoms with E-state index < -0.39 is 23.6 Å². The monoisotopic (exact) mass is 542 g/mol. The first-order chi connectivity index (χ1) is 17.5. The minimum absolute atomic E-state index is 0.0195. The molecule has 2 aliphatic rings. The van der Waals surface area contributed by atoms with E-state index in [0.717, 1.165) is 12.8 Å². The minimum Gasteiger partial charge on any atom is -0.349 e. The van der Waals surface area contributed by atoms with Gasteiger partial charge in [-0.3, -0.25) is 40.9 Å². The number of hydrogen-bond donors (Lipinski definition) is 8. The van der Waals surface area contributed by atoms with Gasteiger partial charge in [0.1, 0.15) is 0 Å². The van der Waals surface area contributed by atoms with Gasteiger partial charge in [-0.15, -0.1) is 20.4 Å². The second kappa shape index (κ2) is 16.2. The van der Waals surface area contributed by atoms with Crippen molar-refractivity contribution in [3.05, 3.63) is 0 Å². The van der Waals surface area contributed by atoms with Crippen LogP contribution in [0.4, 0.5) is 0 Å². The fraction of sp³-hybridized carbons (Fsp3) is 0.556. The Labute approximate surface area is 215 Å². The average molecular weight is 543 g/mol. The Bertz CT molecular complexity index is 863. The Kier molecular flexibility index (Phi) is 12.9. The first-order valence-electron chi connectivity index (χ1n) is 11.2. The minimum atomic E-state index is -0.458. The summed E-state index contributed by atoms with van der Waals surface area (Å²) in [4.78, 5) is 47.7. The maximum atomic E-state index is 12.1. The lowest BCUT2D eigenvalue weighted by molar-refractivity contribution is -0.116. The molecule has 36 heavy (non-hydrogen) atoms. The molecule has 18 heteroatoms. The molecule has 0 aromatic carbocycles. The Morgan fingerprint density at radius 2 is 0.833 bits per heavy atom. The van der Waals surface area contributed by atoms with Gasteiger partial charge in [-0.2, -0.15) is 0 Å². The Balaban J connectivity index is 1.51. The van der Waals surface area contributed by atoms with Crippen molar-refractivity contribution in [1.29, 1.82) is 0 Å². The molecule has 2 rings (SSSR count). The first kappa shape index (κ1) is 28.7. The topological polar surface area (TPSA) is 214 Å². The van der Waals surface area contributed by atoms with Gasteiger partial charge < -0.3 is 21.3 Å². The molecule has 8 N–H and O–H groups in total. The van der Waals surface area contributed by atoms with E-state index in [1.54, 1.807) is 0 Å². The molecule has 0 fully saturated rings. The van der Waals surface area contributed by atoms with Crippen molar-refractivity contribution < 1.29 is 19.2 Å². The van der Waals surface area contributed by atoms with E-state index >= 15 is 0 Å². The molecule has 2 heterocycles. The number of amidine groups is 4. The van der Waals surface area contributed by atoms with E-state index in [1.165, 1.54) is 21.6 Å². The zero-order chi connectivity index (χ0) is 26.2. The average Bonchev–Trinajstić information content (AvgIpc) is 2.91. The molecular formula is C18H30N12O4S2. The molecule has 0 radical (unpaired) electrons. The van der Waals surface area contributed by atoms with Gasteiger partial charge >= 0.3 is 0 Å². The number of amides is 4. The summed E-state index contributed by atoms with van der Waals surface area (Å²) >= 11 is 0. The molecule has 0 aromatic rings. The summed E-state index contributed by atoms with van der Waals surface area (Å²) in [5.41, 5.74) is 9.80. The van der Waals surface area contributed by atoms with Gasteiger partial charge in [-0.05, 0) is 12.8 Å². The molecule has 0 aromatic heterocycles. The summed E-state index contributed by atoms with van der Waals surface area (Å²) in [6.45, 7) is 5.65.